The third-order valence-electron chi connectivity index (χ3n) is 4.69. The number of carbonyl (C=O) groups excluding carboxylic acids is 1. The van der Waals surface area contributed by atoms with E-state index < -0.39 is 15.9 Å². The van der Waals surface area contributed by atoms with Crippen molar-refractivity contribution < 1.29 is 22.7 Å². The summed E-state index contributed by atoms with van der Waals surface area (Å²) in [5.41, 5.74) is 0.695. The Balaban J connectivity index is 1.74. The summed E-state index contributed by atoms with van der Waals surface area (Å²) in [5, 5.41) is 3.17. The maximum atomic E-state index is 12.9. The second kappa shape index (κ2) is 9.75. The van der Waals surface area contributed by atoms with E-state index in [0.29, 0.717) is 31.1 Å². The fourth-order valence-corrected chi connectivity index (χ4v) is 5.55. The Hall–Kier alpha value is -1.84. The van der Waals surface area contributed by atoms with Crippen LogP contribution in [0.4, 0.5) is 5.69 Å². The highest BCUT2D eigenvalue weighted by atomic mass is 35.5. The van der Waals surface area contributed by atoms with Gasteiger partial charge in [0.2, 0.25) is 10.0 Å². The number of amides is 1. The Bertz CT molecular complexity index is 1030. The molecule has 0 aliphatic carbocycles. The molecule has 3 rings (SSSR count). The second-order valence-electron chi connectivity index (χ2n) is 7.26. The highest BCUT2D eigenvalue weighted by Crippen LogP contribution is 2.34. The monoisotopic (exact) mass is 486 g/mol. The molecule has 2 aromatic rings. The predicted molar refractivity (Wildman–Crippen MR) is 121 cm³/mol. The number of anilines is 1. The van der Waals surface area contributed by atoms with Gasteiger partial charge in [0.05, 0.1) is 33.8 Å². The first kappa shape index (κ1) is 23.8. The van der Waals surface area contributed by atoms with Gasteiger partial charge in [0, 0.05) is 24.3 Å². The minimum absolute atomic E-state index is 0.152. The first-order chi connectivity index (χ1) is 14.6. The number of hydrogen-bond acceptors (Lipinski definition) is 5. The van der Waals surface area contributed by atoms with Gasteiger partial charge < -0.3 is 14.8 Å². The molecule has 0 bridgehead atoms. The molecule has 0 aromatic heterocycles. The zero-order chi connectivity index (χ0) is 22.8. The molecule has 1 aliphatic rings. The highest BCUT2D eigenvalue weighted by molar-refractivity contribution is 7.89. The van der Waals surface area contributed by atoms with Gasteiger partial charge in [-0.1, -0.05) is 23.2 Å². The number of benzene rings is 2. The standard InChI is InChI=1S/C21H24Cl2N2O5S/c1-4-29-20-18(22)9-15(10-19(20)23)21(26)24-16-5-7-17(8-6-16)31(27,28)25-11-13(2)30-14(3)12-25/h5-10,13-14H,4,11-12H2,1-3H3,(H,24,26)/t13-,14+. The van der Waals surface area contributed by atoms with Crippen LogP contribution in [0.3, 0.4) is 0 Å². The number of ether oxygens (including phenoxy) is 2. The largest absolute Gasteiger partial charge is 0.491 e. The van der Waals surface area contributed by atoms with E-state index in [0.717, 1.165) is 0 Å². The van der Waals surface area contributed by atoms with Crippen molar-refractivity contribution in [2.75, 3.05) is 25.0 Å². The van der Waals surface area contributed by atoms with Crippen LogP contribution < -0.4 is 10.1 Å². The van der Waals surface area contributed by atoms with Gasteiger partial charge in [-0.25, -0.2) is 8.42 Å². The lowest BCUT2D eigenvalue weighted by Crippen LogP contribution is -2.48. The topological polar surface area (TPSA) is 84.9 Å². The van der Waals surface area contributed by atoms with Gasteiger partial charge >= 0.3 is 0 Å². The van der Waals surface area contributed by atoms with Crippen molar-refractivity contribution in [2.24, 2.45) is 0 Å². The summed E-state index contributed by atoms with van der Waals surface area (Å²) in [7, 11) is -3.65. The molecule has 0 saturated carbocycles. The van der Waals surface area contributed by atoms with E-state index in [9.17, 15) is 13.2 Å². The SMILES string of the molecule is CCOc1c(Cl)cc(C(=O)Nc2ccc(S(=O)(=O)N3C[C@@H](C)O[C@@H](C)C3)cc2)cc1Cl. The maximum Gasteiger partial charge on any atom is 0.255 e. The number of nitrogens with zero attached hydrogens (tertiary/aromatic N) is 1. The summed E-state index contributed by atoms with van der Waals surface area (Å²) in [6.07, 6.45) is -0.352. The van der Waals surface area contributed by atoms with Crippen LogP contribution in [0.5, 0.6) is 5.75 Å². The Morgan fingerprint density at radius 3 is 2.19 bits per heavy atom. The van der Waals surface area contributed by atoms with E-state index in [4.69, 9.17) is 32.7 Å². The first-order valence-corrected chi connectivity index (χ1v) is 12.0. The molecule has 0 radical (unpaired) electrons. The van der Waals surface area contributed by atoms with Gasteiger partial charge in [0.1, 0.15) is 0 Å². The lowest BCUT2D eigenvalue weighted by atomic mass is 10.2. The Labute approximate surface area is 192 Å². The van der Waals surface area contributed by atoms with Gasteiger partial charge in [-0.2, -0.15) is 4.31 Å². The van der Waals surface area contributed by atoms with Crippen molar-refractivity contribution in [2.45, 2.75) is 37.9 Å². The number of morpholine rings is 1. The number of halogens is 2. The summed E-state index contributed by atoms with van der Waals surface area (Å²) in [6, 6.07) is 8.94. The fourth-order valence-electron chi connectivity index (χ4n) is 3.36. The lowest BCUT2D eigenvalue weighted by molar-refractivity contribution is -0.0440. The zero-order valence-electron chi connectivity index (χ0n) is 17.4. The molecule has 2 atom stereocenters. The van der Waals surface area contributed by atoms with Crippen molar-refractivity contribution in [3.63, 3.8) is 0 Å². The summed E-state index contributed by atoms with van der Waals surface area (Å²) in [5.74, 6) is -0.109. The fraction of sp³-hybridized carbons (Fsp3) is 0.381. The van der Waals surface area contributed by atoms with Crippen LogP contribution in [-0.2, 0) is 14.8 Å². The highest BCUT2D eigenvalue weighted by Gasteiger charge is 2.32. The molecule has 168 valence electrons. The van der Waals surface area contributed by atoms with E-state index in [-0.39, 0.29) is 32.7 Å². The number of rotatable bonds is 6. The molecular weight excluding hydrogens is 463 g/mol. The van der Waals surface area contributed by atoms with Crippen molar-refractivity contribution in [3.05, 3.63) is 52.0 Å². The summed E-state index contributed by atoms with van der Waals surface area (Å²) < 4.78 is 38.3. The van der Waals surface area contributed by atoms with Crippen LogP contribution in [0.2, 0.25) is 10.0 Å². The normalized spacial score (nSPS) is 19.8. The maximum absolute atomic E-state index is 12.9. The van der Waals surface area contributed by atoms with Crippen molar-refractivity contribution in [1.29, 1.82) is 0 Å². The second-order valence-corrected chi connectivity index (χ2v) is 10.0. The third-order valence-corrected chi connectivity index (χ3v) is 7.09. The molecular formula is C21H24Cl2N2O5S. The van der Waals surface area contributed by atoms with Crippen LogP contribution in [0.15, 0.2) is 41.3 Å². The van der Waals surface area contributed by atoms with Gasteiger partial charge in [0.15, 0.2) is 5.75 Å². The Morgan fingerprint density at radius 1 is 1.13 bits per heavy atom. The van der Waals surface area contributed by atoms with E-state index in [1.54, 1.807) is 6.92 Å². The molecule has 2 aromatic carbocycles. The van der Waals surface area contributed by atoms with Crippen LogP contribution in [0.1, 0.15) is 31.1 Å². The minimum atomic E-state index is -3.65. The molecule has 1 N–H and O–H groups in total. The number of nitrogens with one attached hydrogen (secondary N) is 1. The summed E-state index contributed by atoms with van der Waals surface area (Å²) in [4.78, 5) is 12.7. The Kier molecular flexibility index (Phi) is 7.49. The van der Waals surface area contributed by atoms with Crippen LogP contribution >= 0.6 is 23.2 Å². The molecule has 1 aliphatic heterocycles. The van der Waals surface area contributed by atoms with Crippen LogP contribution in [-0.4, -0.2) is 50.5 Å². The third kappa shape index (κ3) is 5.51. The van der Waals surface area contributed by atoms with E-state index in [2.05, 4.69) is 5.32 Å². The number of hydrogen-bond donors (Lipinski definition) is 1. The van der Waals surface area contributed by atoms with Gasteiger partial charge in [-0.3, -0.25) is 4.79 Å². The molecule has 1 amide bonds. The van der Waals surface area contributed by atoms with Gasteiger partial charge in [-0.05, 0) is 57.2 Å². The molecule has 7 nitrogen and oxygen atoms in total. The number of sulfonamides is 1. The quantitative estimate of drug-likeness (QED) is 0.651. The number of carbonyl (C=O) groups is 1. The van der Waals surface area contributed by atoms with Crippen molar-refractivity contribution in [3.8, 4) is 5.75 Å². The van der Waals surface area contributed by atoms with Crippen LogP contribution in [0, 0.1) is 0 Å². The molecule has 1 heterocycles. The Morgan fingerprint density at radius 2 is 1.68 bits per heavy atom. The van der Waals surface area contributed by atoms with E-state index >= 15 is 0 Å². The van der Waals surface area contributed by atoms with Crippen molar-refractivity contribution in [1.82, 2.24) is 4.31 Å². The smallest absolute Gasteiger partial charge is 0.255 e. The molecule has 0 spiro atoms. The molecule has 10 heteroatoms. The lowest BCUT2D eigenvalue weighted by Gasteiger charge is -2.34. The predicted octanol–water partition coefficient (Wildman–Crippen LogP) is 4.44. The van der Waals surface area contributed by atoms with E-state index in [1.165, 1.54) is 40.7 Å². The minimum Gasteiger partial charge on any atom is -0.491 e. The van der Waals surface area contributed by atoms with E-state index in [1.807, 2.05) is 13.8 Å². The summed E-state index contributed by atoms with van der Waals surface area (Å²) in [6.45, 7) is 6.47. The average molecular weight is 487 g/mol. The summed E-state index contributed by atoms with van der Waals surface area (Å²) >= 11 is 12.3. The zero-order valence-corrected chi connectivity index (χ0v) is 19.7. The van der Waals surface area contributed by atoms with Gasteiger partial charge in [-0.15, -0.1) is 0 Å². The molecule has 0 unspecified atom stereocenters. The molecule has 1 saturated heterocycles. The van der Waals surface area contributed by atoms with Crippen molar-refractivity contribution >= 4 is 44.8 Å². The van der Waals surface area contributed by atoms with Gasteiger partial charge in [0.25, 0.3) is 5.91 Å². The van der Waals surface area contributed by atoms with Crippen LogP contribution in [0.25, 0.3) is 0 Å². The molecule has 31 heavy (non-hydrogen) atoms. The first-order valence-electron chi connectivity index (χ1n) is 9.80. The average Bonchev–Trinajstić information content (AvgIpc) is 2.70. The molecule has 1 fully saturated rings.